The van der Waals surface area contributed by atoms with Crippen LogP contribution in [-0.4, -0.2) is 42.4 Å². The predicted molar refractivity (Wildman–Crippen MR) is 46.5 cm³/mol. The summed E-state index contributed by atoms with van der Waals surface area (Å²) in [4.78, 5) is 13.3. The van der Waals surface area contributed by atoms with Crippen molar-refractivity contribution in [1.29, 1.82) is 0 Å². The number of carbonyl (C=O) groups is 1. The molecule has 4 heteroatoms. The Morgan fingerprint density at radius 3 is 3.00 bits per heavy atom. The van der Waals surface area contributed by atoms with E-state index in [0.717, 1.165) is 13.0 Å². The molecule has 2 aliphatic heterocycles. The van der Waals surface area contributed by atoms with Gasteiger partial charge in [0, 0.05) is 12.6 Å². The summed E-state index contributed by atoms with van der Waals surface area (Å²) in [5.74, 6) is 0. The summed E-state index contributed by atoms with van der Waals surface area (Å²) in [7, 11) is 0. The number of ether oxygens (including phenoxy) is 2. The number of rotatable bonds is 1. The second kappa shape index (κ2) is 3.18. The minimum Gasteiger partial charge on any atom is -0.441 e. The van der Waals surface area contributed by atoms with Crippen LogP contribution in [0.5, 0.6) is 0 Å². The fourth-order valence-corrected chi connectivity index (χ4v) is 2.05. The molecule has 4 nitrogen and oxygen atoms in total. The zero-order chi connectivity index (χ0) is 9.42. The highest BCUT2D eigenvalue weighted by Crippen LogP contribution is 2.27. The molecule has 2 saturated heterocycles. The van der Waals surface area contributed by atoms with Crippen LogP contribution in [-0.2, 0) is 9.47 Å². The molecule has 2 atom stereocenters. The Labute approximate surface area is 77.8 Å². The molecular weight excluding hydrogens is 170 g/mol. The van der Waals surface area contributed by atoms with Crippen molar-refractivity contribution in [3.63, 3.8) is 0 Å². The molecule has 0 spiro atoms. The van der Waals surface area contributed by atoms with Gasteiger partial charge in [0.2, 0.25) is 0 Å². The van der Waals surface area contributed by atoms with Gasteiger partial charge >= 0.3 is 6.09 Å². The molecule has 1 amide bonds. The molecular formula is C9H15NO3. The van der Waals surface area contributed by atoms with Crippen molar-refractivity contribution >= 4 is 6.09 Å². The predicted octanol–water partition coefficient (Wildman–Crippen LogP) is 1.00. The van der Waals surface area contributed by atoms with Crippen molar-refractivity contribution in [3.05, 3.63) is 0 Å². The average molecular weight is 185 g/mol. The largest absolute Gasteiger partial charge is 0.441 e. The molecule has 2 unspecified atom stereocenters. The Kier molecular flexibility index (Phi) is 2.15. The van der Waals surface area contributed by atoms with Crippen molar-refractivity contribution in [2.45, 2.75) is 38.5 Å². The molecule has 74 valence electrons. The van der Waals surface area contributed by atoms with Gasteiger partial charge in [-0.1, -0.05) is 0 Å². The summed E-state index contributed by atoms with van der Waals surface area (Å²) in [6.45, 7) is 5.32. The van der Waals surface area contributed by atoms with E-state index in [1.54, 1.807) is 0 Å². The summed E-state index contributed by atoms with van der Waals surface area (Å²) < 4.78 is 10.5. The SMILES string of the molecule is CC(C)N1C(=O)OC2COCCC21. The van der Waals surface area contributed by atoms with Crippen molar-refractivity contribution in [1.82, 2.24) is 4.90 Å². The molecule has 0 radical (unpaired) electrons. The van der Waals surface area contributed by atoms with E-state index in [1.807, 2.05) is 18.7 Å². The van der Waals surface area contributed by atoms with Crippen LogP contribution in [0.1, 0.15) is 20.3 Å². The summed E-state index contributed by atoms with van der Waals surface area (Å²) >= 11 is 0. The zero-order valence-electron chi connectivity index (χ0n) is 8.03. The van der Waals surface area contributed by atoms with E-state index >= 15 is 0 Å². The number of nitrogens with zero attached hydrogens (tertiary/aromatic N) is 1. The molecule has 2 heterocycles. The van der Waals surface area contributed by atoms with Crippen LogP contribution in [0.25, 0.3) is 0 Å². The molecule has 2 rings (SSSR count). The van der Waals surface area contributed by atoms with Crippen LogP contribution < -0.4 is 0 Å². The third-order valence-electron chi connectivity index (χ3n) is 2.65. The van der Waals surface area contributed by atoms with Gasteiger partial charge in [0.25, 0.3) is 0 Å². The molecule has 2 aliphatic rings. The quantitative estimate of drug-likeness (QED) is 0.612. The van der Waals surface area contributed by atoms with E-state index in [4.69, 9.17) is 9.47 Å². The molecule has 0 aliphatic carbocycles. The maximum atomic E-state index is 11.4. The van der Waals surface area contributed by atoms with E-state index < -0.39 is 0 Å². The van der Waals surface area contributed by atoms with Crippen LogP contribution in [0.4, 0.5) is 4.79 Å². The second-order valence-corrected chi connectivity index (χ2v) is 3.85. The minimum atomic E-state index is -0.185. The van der Waals surface area contributed by atoms with Gasteiger partial charge in [-0.2, -0.15) is 0 Å². The molecule has 0 N–H and O–H groups in total. The fourth-order valence-electron chi connectivity index (χ4n) is 2.05. The van der Waals surface area contributed by atoms with Crippen LogP contribution >= 0.6 is 0 Å². The van der Waals surface area contributed by atoms with Crippen LogP contribution in [0.2, 0.25) is 0 Å². The Morgan fingerprint density at radius 1 is 1.54 bits per heavy atom. The van der Waals surface area contributed by atoms with Gasteiger partial charge in [-0.15, -0.1) is 0 Å². The summed E-state index contributed by atoms with van der Waals surface area (Å²) in [6, 6.07) is 0.460. The van der Waals surface area contributed by atoms with Gasteiger partial charge in [0.15, 0.2) is 0 Å². The molecule has 0 aromatic heterocycles. The highest BCUT2D eigenvalue weighted by Gasteiger charge is 2.44. The van der Waals surface area contributed by atoms with E-state index in [1.165, 1.54) is 0 Å². The molecule has 2 fully saturated rings. The van der Waals surface area contributed by atoms with Gasteiger partial charge in [-0.05, 0) is 20.3 Å². The Balaban J connectivity index is 2.13. The standard InChI is InChI=1S/C9H15NO3/c1-6(2)10-7-3-4-12-5-8(7)13-9(10)11/h6-8H,3-5H2,1-2H3. The first-order valence-corrected chi connectivity index (χ1v) is 4.77. The van der Waals surface area contributed by atoms with Crippen molar-refractivity contribution < 1.29 is 14.3 Å². The normalized spacial score (nSPS) is 33.5. The number of hydrogen-bond donors (Lipinski definition) is 0. The molecule has 13 heavy (non-hydrogen) atoms. The summed E-state index contributed by atoms with van der Waals surface area (Å²) in [6.07, 6.45) is 0.674. The highest BCUT2D eigenvalue weighted by atomic mass is 16.6. The van der Waals surface area contributed by atoms with Crippen LogP contribution in [0.15, 0.2) is 0 Å². The first kappa shape index (κ1) is 8.81. The van der Waals surface area contributed by atoms with E-state index in [2.05, 4.69) is 0 Å². The highest BCUT2D eigenvalue weighted by molar-refractivity contribution is 5.71. The fraction of sp³-hybridized carbons (Fsp3) is 0.889. The van der Waals surface area contributed by atoms with Gasteiger partial charge in [0.05, 0.1) is 12.6 Å². The Bertz CT molecular complexity index is 217. The number of amides is 1. The van der Waals surface area contributed by atoms with Crippen molar-refractivity contribution in [2.24, 2.45) is 0 Å². The van der Waals surface area contributed by atoms with Gasteiger partial charge in [0.1, 0.15) is 6.10 Å². The lowest BCUT2D eigenvalue weighted by molar-refractivity contribution is -0.00937. The lowest BCUT2D eigenvalue weighted by atomic mass is 10.0. The van der Waals surface area contributed by atoms with E-state index in [-0.39, 0.29) is 24.3 Å². The molecule has 0 bridgehead atoms. The van der Waals surface area contributed by atoms with Gasteiger partial charge in [-0.25, -0.2) is 4.79 Å². The van der Waals surface area contributed by atoms with Crippen LogP contribution in [0, 0.1) is 0 Å². The summed E-state index contributed by atoms with van der Waals surface area (Å²) in [5.41, 5.74) is 0. The second-order valence-electron chi connectivity index (χ2n) is 3.85. The first-order chi connectivity index (χ1) is 6.20. The topological polar surface area (TPSA) is 38.8 Å². The Morgan fingerprint density at radius 2 is 2.31 bits per heavy atom. The number of hydrogen-bond acceptors (Lipinski definition) is 3. The number of fused-ring (bicyclic) bond motifs is 1. The lowest BCUT2D eigenvalue weighted by Crippen LogP contribution is -2.45. The molecule has 0 aromatic carbocycles. The zero-order valence-corrected chi connectivity index (χ0v) is 8.03. The monoisotopic (exact) mass is 185 g/mol. The van der Waals surface area contributed by atoms with Crippen molar-refractivity contribution in [2.75, 3.05) is 13.2 Å². The van der Waals surface area contributed by atoms with E-state index in [0.29, 0.717) is 6.61 Å². The van der Waals surface area contributed by atoms with E-state index in [9.17, 15) is 4.79 Å². The van der Waals surface area contributed by atoms with Gasteiger partial charge in [-0.3, -0.25) is 4.90 Å². The average Bonchev–Trinajstić information content (AvgIpc) is 2.39. The minimum absolute atomic E-state index is 0.0383. The smallest absolute Gasteiger partial charge is 0.410 e. The molecule has 0 aromatic rings. The maximum absolute atomic E-state index is 11.4. The third-order valence-corrected chi connectivity index (χ3v) is 2.65. The lowest BCUT2D eigenvalue weighted by Gasteiger charge is -2.30. The maximum Gasteiger partial charge on any atom is 0.410 e. The first-order valence-electron chi connectivity index (χ1n) is 4.77. The Hall–Kier alpha value is -0.770. The number of carbonyl (C=O) groups excluding carboxylic acids is 1. The van der Waals surface area contributed by atoms with Crippen LogP contribution in [0.3, 0.4) is 0 Å². The van der Waals surface area contributed by atoms with Gasteiger partial charge < -0.3 is 9.47 Å². The third kappa shape index (κ3) is 1.39. The molecule has 0 saturated carbocycles. The van der Waals surface area contributed by atoms with Crippen molar-refractivity contribution in [3.8, 4) is 0 Å². The summed E-state index contributed by atoms with van der Waals surface area (Å²) in [5, 5.41) is 0.